The van der Waals surface area contributed by atoms with Gasteiger partial charge in [-0.3, -0.25) is 14.6 Å². The van der Waals surface area contributed by atoms with E-state index in [2.05, 4.69) is 10.3 Å². The van der Waals surface area contributed by atoms with E-state index in [0.29, 0.717) is 18.5 Å². The number of nitrogens with one attached hydrogen (secondary N) is 1. The van der Waals surface area contributed by atoms with Gasteiger partial charge in [0.25, 0.3) is 0 Å². The molecule has 1 aromatic carbocycles. The van der Waals surface area contributed by atoms with Gasteiger partial charge in [0.1, 0.15) is 5.75 Å². The molecule has 6 nitrogen and oxygen atoms in total. The molecule has 0 bridgehead atoms. The van der Waals surface area contributed by atoms with Gasteiger partial charge in [0.05, 0.1) is 19.1 Å². The first-order chi connectivity index (χ1) is 12.1. The zero-order valence-corrected chi connectivity index (χ0v) is 14.3. The van der Waals surface area contributed by atoms with Crippen molar-refractivity contribution in [1.82, 2.24) is 9.88 Å². The van der Waals surface area contributed by atoms with E-state index >= 15 is 0 Å². The van der Waals surface area contributed by atoms with Crippen molar-refractivity contribution in [2.45, 2.75) is 18.9 Å². The number of amides is 2. The lowest BCUT2D eigenvalue weighted by atomic mass is 9.84. The maximum Gasteiger partial charge on any atom is 0.229 e. The number of piperidine rings is 1. The van der Waals surface area contributed by atoms with Gasteiger partial charge in [-0.15, -0.1) is 0 Å². The van der Waals surface area contributed by atoms with Crippen LogP contribution in [0.4, 0.5) is 5.69 Å². The maximum atomic E-state index is 12.8. The van der Waals surface area contributed by atoms with Gasteiger partial charge in [0, 0.05) is 31.5 Å². The number of rotatable bonds is 4. The summed E-state index contributed by atoms with van der Waals surface area (Å²) in [4.78, 5) is 30.6. The summed E-state index contributed by atoms with van der Waals surface area (Å²) in [5.74, 6) is 0.385. The molecule has 2 aromatic rings. The van der Waals surface area contributed by atoms with Gasteiger partial charge in [-0.25, -0.2) is 0 Å². The minimum absolute atomic E-state index is 0.0498. The lowest BCUT2D eigenvalue weighted by Crippen LogP contribution is -2.44. The van der Waals surface area contributed by atoms with Crippen LogP contribution in [0, 0.1) is 5.92 Å². The topological polar surface area (TPSA) is 71.5 Å². The van der Waals surface area contributed by atoms with Crippen molar-refractivity contribution in [1.29, 1.82) is 0 Å². The molecule has 130 valence electrons. The molecule has 1 saturated heterocycles. The Bertz CT molecular complexity index is 746. The normalized spacial score (nSPS) is 20.2. The molecule has 1 aromatic heterocycles. The van der Waals surface area contributed by atoms with Crippen molar-refractivity contribution < 1.29 is 14.3 Å². The van der Waals surface area contributed by atoms with E-state index < -0.39 is 0 Å². The van der Waals surface area contributed by atoms with Crippen molar-refractivity contribution >= 4 is 17.5 Å². The lowest BCUT2D eigenvalue weighted by molar-refractivity contribution is -0.140. The number of anilines is 1. The van der Waals surface area contributed by atoms with E-state index in [-0.39, 0.29) is 23.8 Å². The van der Waals surface area contributed by atoms with Gasteiger partial charge in [-0.05, 0) is 36.2 Å². The fourth-order valence-electron chi connectivity index (χ4n) is 3.24. The first kappa shape index (κ1) is 17.0. The number of nitrogens with zero attached hydrogens (tertiary/aromatic N) is 2. The Labute approximate surface area is 146 Å². The van der Waals surface area contributed by atoms with Crippen LogP contribution in [0.1, 0.15) is 24.4 Å². The quantitative estimate of drug-likeness (QED) is 0.929. The van der Waals surface area contributed by atoms with Crippen LogP contribution in [0.3, 0.4) is 0 Å². The van der Waals surface area contributed by atoms with Crippen molar-refractivity contribution in [3.05, 3.63) is 54.4 Å². The molecule has 2 amide bonds. The van der Waals surface area contributed by atoms with Gasteiger partial charge >= 0.3 is 0 Å². The second-order valence-electron chi connectivity index (χ2n) is 6.09. The summed E-state index contributed by atoms with van der Waals surface area (Å²) in [5.41, 5.74) is 1.62. The van der Waals surface area contributed by atoms with Crippen molar-refractivity contribution in [2.75, 3.05) is 19.5 Å². The Hall–Kier alpha value is -2.89. The van der Waals surface area contributed by atoms with Gasteiger partial charge < -0.3 is 15.0 Å². The van der Waals surface area contributed by atoms with Crippen LogP contribution in [0.25, 0.3) is 0 Å². The molecule has 25 heavy (non-hydrogen) atoms. The first-order valence-electron chi connectivity index (χ1n) is 8.20. The number of pyridine rings is 1. The van der Waals surface area contributed by atoms with Crippen molar-refractivity contribution in [3.8, 4) is 5.75 Å². The van der Waals surface area contributed by atoms with Gasteiger partial charge in [-0.1, -0.05) is 12.1 Å². The number of carbonyl (C=O) groups is 2. The molecule has 2 atom stereocenters. The van der Waals surface area contributed by atoms with Crippen LogP contribution >= 0.6 is 0 Å². The number of methoxy groups -OCH3 is 1. The molecule has 3 rings (SSSR count). The molecular weight excluding hydrogens is 318 g/mol. The number of aromatic nitrogens is 1. The van der Waals surface area contributed by atoms with E-state index in [1.54, 1.807) is 43.6 Å². The standard InChI is InChI=1S/C19H21N3O3/c1-22-17(23)8-7-16(19(24)21-14-9-11-20-12-10-14)18(22)13-3-5-15(25-2)6-4-13/h3-6,9-12,16,18H,7-8H2,1-2H3,(H,20,21,24). The first-order valence-corrected chi connectivity index (χ1v) is 8.20. The fraction of sp³-hybridized carbons (Fsp3) is 0.316. The minimum Gasteiger partial charge on any atom is -0.497 e. The smallest absolute Gasteiger partial charge is 0.229 e. The average molecular weight is 339 g/mol. The Morgan fingerprint density at radius 2 is 1.88 bits per heavy atom. The molecule has 0 radical (unpaired) electrons. The second kappa shape index (κ2) is 7.34. The van der Waals surface area contributed by atoms with E-state index in [9.17, 15) is 9.59 Å². The summed E-state index contributed by atoms with van der Waals surface area (Å²) >= 11 is 0. The molecular formula is C19H21N3O3. The fourth-order valence-corrected chi connectivity index (χ4v) is 3.24. The lowest BCUT2D eigenvalue weighted by Gasteiger charge is -2.38. The molecule has 1 fully saturated rings. The molecule has 1 N–H and O–H groups in total. The van der Waals surface area contributed by atoms with Gasteiger partial charge in [0.15, 0.2) is 0 Å². The van der Waals surface area contributed by atoms with E-state index in [1.165, 1.54) is 0 Å². The van der Waals surface area contributed by atoms with Crippen LogP contribution in [0.5, 0.6) is 5.75 Å². The van der Waals surface area contributed by atoms with Crippen molar-refractivity contribution in [3.63, 3.8) is 0 Å². The summed E-state index contributed by atoms with van der Waals surface area (Å²) < 4.78 is 5.19. The monoisotopic (exact) mass is 339 g/mol. The Balaban J connectivity index is 1.86. The van der Waals surface area contributed by atoms with Crippen LogP contribution in [-0.4, -0.2) is 35.9 Å². The largest absolute Gasteiger partial charge is 0.497 e. The third-order valence-electron chi connectivity index (χ3n) is 4.60. The second-order valence-corrected chi connectivity index (χ2v) is 6.09. The summed E-state index contributed by atoms with van der Waals surface area (Å²) in [5, 5.41) is 2.93. The highest BCUT2D eigenvalue weighted by Crippen LogP contribution is 2.37. The third kappa shape index (κ3) is 3.63. The molecule has 6 heteroatoms. The summed E-state index contributed by atoms with van der Waals surface area (Å²) in [6.45, 7) is 0. The average Bonchev–Trinajstić information content (AvgIpc) is 2.64. The number of hydrogen-bond acceptors (Lipinski definition) is 4. The SMILES string of the molecule is COc1ccc(C2C(C(=O)Nc3ccncc3)CCC(=O)N2C)cc1. The van der Waals surface area contributed by atoms with Crippen LogP contribution in [0.2, 0.25) is 0 Å². The van der Waals surface area contributed by atoms with Gasteiger partial charge in [0.2, 0.25) is 11.8 Å². The van der Waals surface area contributed by atoms with Crippen LogP contribution < -0.4 is 10.1 Å². The Kier molecular flexibility index (Phi) is 4.97. The number of likely N-dealkylation sites (tertiary alicyclic amines) is 1. The van der Waals surface area contributed by atoms with Crippen LogP contribution in [0.15, 0.2) is 48.8 Å². The zero-order chi connectivity index (χ0) is 17.8. The van der Waals surface area contributed by atoms with E-state index in [0.717, 1.165) is 11.3 Å². The zero-order valence-electron chi connectivity index (χ0n) is 14.3. The molecule has 1 aliphatic heterocycles. The minimum atomic E-state index is -0.315. The molecule has 0 saturated carbocycles. The highest BCUT2D eigenvalue weighted by Gasteiger charge is 2.38. The van der Waals surface area contributed by atoms with Gasteiger partial charge in [-0.2, -0.15) is 0 Å². The number of benzene rings is 1. The molecule has 0 spiro atoms. The Morgan fingerprint density at radius 1 is 1.20 bits per heavy atom. The van der Waals surface area contributed by atoms with E-state index in [1.807, 2.05) is 24.3 Å². The highest BCUT2D eigenvalue weighted by molar-refractivity contribution is 5.94. The molecule has 2 unspecified atom stereocenters. The molecule has 1 aliphatic rings. The summed E-state index contributed by atoms with van der Waals surface area (Å²) in [7, 11) is 3.36. The number of carbonyl (C=O) groups excluding carboxylic acids is 2. The Morgan fingerprint density at radius 3 is 2.52 bits per heavy atom. The predicted molar refractivity (Wildman–Crippen MR) is 94.1 cm³/mol. The van der Waals surface area contributed by atoms with Crippen molar-refractivity contribution in [2.24, 2.45) is 5.92 Å². The predicted octanol–water partition coefficient (Wildman–Crippen LogP) is 2.64. The number of hydrogen-bond donors (Lipinski definition) is 1. The highest BCUT2D eigenvalue weighted by atomic mass is 16.5. The molecule has 0 aliphatic carbocycles. The summed E-state index contributed by atoms with van der Waals surface area (Å²) in [6, 6.07) is 10.7. The number of ether oxygens (including phenoxy) is 1. The third-order valence-corrected chi connectivity index (χ3v) is 4.60. The molecule has 2 heterocycles. The summed E-state index contributed by atoms with van der Waals surface area (Å²) in [6.07, 6.45) is 4.16. The maximum absolute atomic E-state index is 12.8. The van der Waals surface area contributed by atoms with E-state index in [4.69, 9.17) is 4.74 Å². The van der Waals surface area contributed by atoms with Crippen LogP contribution in [-0.2, 0) is 9.59 Å².